The lowest BCUT2D eigenvalue weighted by Crippen LogP contribution is -2.23. The Morgan fingerprint density at radius 1 is 1.23 bits per heavy atom. The van der Waals surface area contributed by atoms with Crippen molar-refractivity contribution in [1.29, 1.82) is 5.26 Å². The molecule has 1 aliphatic rings. The van der Waals surface area contributed by atoms with E-state index in [1.165, 1.54) is 11.1 Å². The molecule has 160 valence electrons. The van der Waals surface area contributed by atoms with Crippen LogP contribution in [-0.2, 0) is 11.2 Å². The number of hydrogen-bond donors (Lipinski definition) is 1. The van der Waals surface area contributed by atoms with Crippen LogP contribution in [0.2, 0.25) is 0 Å². The molecule has 1 N–H and O–H groups in total. The highest BCUT2D eigenvalue weighted by Gasteiger charge is 2.25. The van der Waals surface area contributed by atoms with Gasteiger partial charge in [-0.15, -0.1) is 10.2 Å². The lowest BCUT2D eigenvalue weighted by atomic mass is 10.0. The minimum Gasteiger partial charge on any atom is -0.490 e. The Kier molecular flexibility index (Phi) is 6.62. The van der Waals surface area contributed by atoms with Gasteiger partial charge in [0, 0.05) is 30.8 Å². The molecule has 3 aromatic rings. The first-order chi connectivity index (χ1) is 15.1. The van der Waals surface area contributed by atoms with Crippen LogP contribution in [0.15, 0.2) is 36.4 Å². The fraction of sp³-hybridized carbons (Fsp3) is 0.375. The summed E-state index contributed by atoms with van der Waals surface area (Å²) in [6.45, 7) is 5.44. The molecule has 0 aliphatic heterocycles. The summed E-state index contributed by atoms with van der Waals surface area (Å²) < 4.78 is 10.9. The second-order valence-corrected chi connectivity index (χ2v) is 8.79. The van der Waals surface area contributed by atoms with E-state index in [9.17, 15) is 5.26 Å². The van der Waals surface area contributed by atoms with E-state index < -0.39 is 0 Å². The third-order valence-corrected chi connectivity index (χ3v) is 6.34. The van der Waals surface area contributed by atoms with Crippen molar-refractivity contribution in [2.45, 2.75) is 38.8 Å². The lowest BCUT2D eigenvalue weighted by Gasteiger charge is -2.14. The number of aromatic nitrogens is 2. The monoisotopic (exact) mass is 434 g/mol. The van der Waals surface area contributed by atoms with Gasteiger partial charge >= 0.3 is 0 Å². The maximum absolute atomic E-state index is 9.52. The number of hydrogen-bond acceptors (Lipinski definition) is 7. The first-order valence-electron chi connectivity index (χ1n) is 10.5. The quantitative estimate of drug-likeness (QED) is 0.515. The zero-order chi connectivity index (χ0) is 21.8. The van der Waals surface area contributed by atoms with Crippen LogP contribution in [0.1, 0.15) is 43.0 Å². The predicted octanol–water partition coefficient (Wildman–Crippen LogP) is 4.75. The van der Waals surface area contributed by atoms with E-state index in [-0.39, 0.29) is 6.10 Å². The van der Waals surface area contributed by atoms with E-state index in [2.05, 4.69) is 39.8 Å². The Labute approximate surface area is 186 Å². The summed E-state index contributed by atoms with van der Waals surface area (Å²) in [6, 6.07) is 14.6. The van der Waals surface area contributed by atoms with E-state index in [0.29, 0.717) is 24.0 Å². The topological polar surface area (TPSA) is 80.1 Å². The van der Waals surface area contributed by atoms with Gasteiger partial charge in [0.05, 0.1) is 18.3 Å². The van der Waals surface area contributed by atoms with Gasteiger partial charge in [-0.05, 0) is 56.0 Å². The molecule has 0 radical (unpaired) electrons. The summed E-state index contributed by atoms with van der Waals surface area (Å²) in [5, 5.41) is 23.7. The van der Waals surface area contributed by atoms with Gasteiger partial charge < -0.3 is 14.8 Å². The molecule has 31 heavy (non-hydrogen) atoms. The van der Waals surface area contributed by atoms with E-state index in [0.717, 1.165) is 40.5 Å². The van der Waals surface area contributed by atoms with Crippen molar-refractivity contribution < 1.29 is 9.47 Å². The molecular formula is C24H26N4O2S. The highest BCUT2D eigenvalue weighted by atomic mass is 32.1. The van der Waals surface area contributed by atoms with Crippen LogP contribution >= 0.6 is 11.3 Å². The van der Waals surface area contributed by atoms with Crippen LogP contribution in [-0.4, -0.2) is 36.6 Å². The molecule has 6 nitrogen and oxygen atoms in total. The van der Waals surface area contributed by atoms with Crippen LogP contribution in [0.25, 0.3) is 21.1 Å². The Morgan fingerprint density at radius 2 is 2.06 bits per heavy atom. The van der Waals surface area contributed by atoms with Crippen molar-refractivity contribution in [3.05, 3.63) is 53.1 Å². The van der Waals surface area contributed by atoms with Crippen molar-refractivity contribution in [2.24, 2.45) is 0 Å². The average molecular weight is 435 g/mol. The van der Waals surface area contributed by atoms with E-state index in [1.54, 1.807) is 18.4 Å². The number of nitrogens with zero attached hydrogens (tertiary/aromatic N) is 3. The van der Waals surface area contributed by atoms with Gasteiger partial charge in [-0.3, -0.25) is 0 Å². The molecule has 1 atom stereocenters. The molecule has 1 aromatic heterocycles. The number of methoxy groups -OCH3 is 1. The Morgan fingerprint density at radius 3 is 2.84 bits per heavy atom. The number of ether oxygens (including phenoxy) is 2. The normalized spacial score (nSPS) is 15.1. The molecule has 2 aromatic carbocycles. The summed E-state index contributed by atoms with van der Waals surface area (Å²) in [4.78, 5) is 0. The van der Waals surface area contributed by atoms with Crippen molar-refractivity contribution >= 4 is 11.3 Å². The first kappa shape index (κ1) is 21.4. The minimum atomic E-state index is 0.0130. The highest BCUT2D eigenvalue weighted by Crippen LogP contribution is 2.40. The molecule has 0 saturated heterocycles. The summed E-state index contributed by atoms with van der Waals surface area (Å²) in [5.74, 6) is 0.596. The standard InChI is InChI=1S/C24H26N4O2S/c1-15(2)30-22-10-7-16(13-17(22)14-25)23-27-28-24(31-23)20-6-4-5-19-18(20)8-9-21(19)26-11-12-29-3/h4-7,10,13,15,21,26H,8-9,11-12H2,1-3H3/t21-/m1/s1. The van der Waals surface area contributed by atoms with Crippen LogP contribution in [0, 0.1) is 11.3 Å². The summed E-state index contributed by atoms with van der Waals surface area (Å²) in [5.41, 5.74) is 5.22. The van der Waals surface area contributed by atoms with Gasteiger partial charge in [-0.2, -0.15) is 5.26 Å². The fourth-order valence-electron chi connectivity index (χ4n) is 3.96. The molecule has 0 amide bonds. The van der Waals surface area contributed by atoms with Crippen molar-refractivity contribution in [3.63, 3.8) is 0 Å². The maximum atomic E-state index is 9.52. The molecule has 7 heteroatoms. The van der Waals surface area contributed by atoms with Gasteiger partial charge in [0.15, 0.2) is 0 Å². The van der Waals surface area contributed by atoms with Gasteiger partial charge in [-0.1, -0.05) is 29.5 Å². The molecule has 0 saturated carbocycles. The maximum Gasteiger partial charge on any atom is 0.148 e. The lowest BCUT2D eigenvalue weighted by molar-refractivity contribution is 0.195. The Balaban J connectivity index is 1.60. The number of nitrogens with one attached hydrogen (secondary N) is 1. The fourth-order valence-corrected chi connectivity index (χ4v) is 4.85. The molecule has 4 rings (SSSR count). The third kappa shape index (κ3) is 4.62. The van der Waals surface area contributed by atoms with E-state index >= 15 is 0 Å². The molecule has 0 unspecified atom stereocenters. The van der Waals surface area contributed by atoms with Crippen molar-refractivity contribution in [3.8, 4) is 33.0 Å². The zero-order valence-corrected chi connectivity index (χ0v) is 18.8. The number of benzene rings is 2. The number of nitriles is 1. The molecule has 0 fully saturated rings. The molecule has 0 bridgehead atoms. The number of fused-ring (bicyclic) bond motifs is 1. The number of rotatable bonds is 8. The van der Waals surface area contributed by atoms with Crippen LogP contribution in [0.3, 0.4) is 0 Å². The summed E-state index contributed by atoms with van der Waals surface area (Å²) in [6.07, 6.45) is 2.11. The van der Waals surface area contributed by atoms with Crippen LogP contribution in [0.5, 0.6) is 5.75 Å². The third-order valence-electron chi connectivity index (χ3n) is 5.33. The minimum absolute atomic E-state index is 0.0130. The SMILES string of the molecule is COCCN[C@@H]1CCc2c(-c3nnc(-c4ccc(OC(C)C)c(C#N)c4)s3)cccc21. The second-order valence-electron chi connectivity index (χ2n) is 7.81. The average Bonchev–Trinajstić information content (AvgIpc) is 3.41. The molecule has 1 heterocycles. The molecular weight excluding hydrogens is 408 g/mol. The molecule has 1 aliphatic carbocycles. The van der Waals surface area contributed by atoms with Gasteiger partial charge in [0.2, 0.25) is 0 Å². The first-order valence-corrected chi connectivity index (χ1v) is 11.3. The van der Waals surface area contributed by atoms with Crippen LogP contribution in [0.4, 0.5) is 0 Å². The van der Waals surface area contributed by atoms with Crippen LogP contribution < -0.4 is 10.1 Å². The van der Waals surface area contributed by atoms with Gasteiger partial charge in [0.25, 0.3) is 0 Å². The summed E-state index contributed by atoms with van der Waals surface area (Å²) in [7, 11) is 1.72. The largest absolute Gasteiger partial charge is 0.490 e. The van der Waals surface area contributed by atoms with Gasteiger partial charge in [-0.25, -0.2) is 0 Å². The Hall–Kier alpha value is -2.79. The zero-order valence-electron chi connectivity index (χ0n) is 18.0. The van der Waals surface area contributed by atoms with E-state index in [1.807, 2.05) is 32.0 Å². The predicted molar refractivity (Wildman–Crippen MR) is 122 cm³/mol. The highest BCUT2D eigenvalue weighted by molar-refractivity contribution is 7.17. The Bertz CT molecular complexity index is 1100. The van der Waals surface area contributed by atoms with E-state index in [4.69, 9.17) is 9.47 Å². The van der Waals surface area contributed by atoms with Gasteiger partial charge in [0.1, 0.15) is 21.8 Å². The second kappa shape index (κ2) is 9.56. The van der Waals surface area contributed by atoms with Crippen molar-refractivity contribution in [1.82, 2.24) is 15.5 Å². The molecule has 0 spiro atoms. The smallest absolute Gasteiger partial charge is 0.148 e. The summed E-state index contributed by atoms with van der Waals surface area (Å²) >= 11 is 1.55. The van der Waals surface area contributed by atoms with Crippen molar-refractivity contribution in [2.75, 3.05) is 20.3 Å².